The molecular formula is C11H19N3O. The Bertz CT molecular complexity index is 316. The highest BCUT2D eigenvalue weighted by atomic mass is 16.3. The van der Waals surface area contributed by atoms with Gasteiger partial charge in [0.25, 0.3) is 0 Å². The molecule has 0 radical (unpaired) electrons. The van der Waals surface area contributed by atoms with E-state index in [-0.39, 0.29) is 6.61 Å². The molecular weight excluding hydrogens is 190 g/mol. The third-order valence-electron chi connectivity index (χ3n) is 2.92. The molecule has 0 saturated heterocycles. The molecule has 0 unspecified atom stereocenters. The van der Waals surface area contributed by atoms with Gasteiger partial charge in [0.1, 0.15) is 5.82 Å². The highest BCUT2D eigenvalue weighted by Gasteiger charge is 2.16. The molecule has 0 spiro atoms. The number of aromatic nitrogens is 2. The van der Waals surface area contributed by atoms with E-state index in [4.69, 9.17) is 5.11 Å². The van der Waals surface area contributed by atoms with Crippen LogP contribution in [0.3, 0.4) is 0 Å². The monoisotopic (exact) mass is 209 g/mol. The van der Waals surface area contributed by atoms with E-state index >= 15 is 0 Å². The summed E-state index contributed by atoms with van der Waals surface area (Å²) in [7, 11) is 0. The van der Waals surface area contributed by atoms with Gasteiger partial charge in [-0.05, 0) is 19.8 Å². The van der Waals surface area contributed by atoms with Crippen molar-refractivity contribution in [3.8, 4) is 0 Å². The van der Waals surface area contributed by atoms with Crippen LogP contribution in [-0.4, -0.2) is 27.5 Å². The van der Waals surface area contributed by atoms with E-state index in [1.54, 1.807) is 0 Å². The van der Waals surface area contributed by atoms with Gasteiger partial charge < -0.3 is 10.4 Å². The number of hydrogen-bond acceptors (Lipinski definition) is 3. The predicted octanol–water partition coefficient (Wildman–Crippen LogP) is 1.54. The largest absolute Gasteiger partial charge is 0.394 e. The molecule has 0 aliphatic heterocycles. The van der Waals surface area contributed by atoms with Crippen LogP contribution < -0.4 is 5.32 Å². The minimum atomic E-state index is 0.139. The first-order chi connectivity index (χ1) is 7.29. The average molecular weight is 209 g/mol. The predicted molar refractivity (Wildman–Crippen MR) is 59.9 cm³/mol. The van der Waals surface area contributed by atoms with Gasteiger partial charge >= 0.3 is 0 Å². The number of nitrogens with one attached hydrogen (secondary N) is 1. The SMILES string of the molecule is Cc1cc(NC2CCCC2)n(CCO)n1. The highest BCUT2D eigenvalue weighted by Crippen LogP contribution is 2.22. The highest BCUT2D eigenvalue weighted by molar-refractivity contribution is 5.38. The summed E-state index contributed by atoms with van der Waals surface area (Å²) >= 11 is 0. The second-order valence-corrected chi connectivity index (χ2v) is 4.24. The Morgan fingerprint density at radius 2 is 2.27 bits per heavy atom. The van der Waals surface area contributed by atoms with Crippen LogP contribution in [0.4, 0.5) is 5.82 Å². The van der Waals surface area contributed by atoms with Crippen molar-refractivity contribution in [2.75, 3.05) is 11.9 Å². The van der Waals surface area contributed by atoms with Crippen LogP contribution in [0.15, 0.2) is 6.07 Å². The Balaban J connectivity index is 2.04. The number of aliphatic hydroxyl groups is 1. The second-order valence-electron chi connectivity index (χ2n) is 4.24. The fourth-order valence-corrected chi connectivity index (χ4v) is 2.21. The van der Waals surface area contributed by atoms with Gasteiger partial charge in [0, 0.05) is 12.1 Å². The molecule has 2 rings (SSSR count). The molecule has 1 aromatic heterocycles. The molecule has 0 bridgehead atoms. The van der Waals surface area contributed by atoms with Gasteiger partial charge in [0.15, 0.2) is 0 Å². The molecule has 1 aliphatic rings. The quantitative estimate of drug-likeness (QED) is 0.790. The summed E-state index contributed by atoms with van der Waals surface area (Å²) in [6, 6.07) is 2.65. The maximum absolute atomic E-state index is 8.93. The van der Waals surface area contributed by atoms with Gasteiger partial charge in [-0.2, -0.15) is 5.10 Å². The lowest BCUT2D eigenvalue weighted by Gasteiger charge is -2.14. The van der Waals surface area contributed by atoms with Crippen LogP contribution in [0.2, 0.25) is 0 Å². The molecule has 0 amide bonds. The van der Waals surface area contributed by atoms with Crippen molar-refractivity contribution in [3.63, 3.8) is 0 Å². The maximum Gasteiger partial charge on any atom is 0.124 e. The summed E-state index contributed by atoms with van der Waals surface area (Å²) in [6.45, 7) is 2.69. The average Bonchev–Trinajstić information content (AvgIpc) is 2.78. The lowest BCUT2D eigenvalue weighted by atomic mass is 10.2. The van der Waals surface area contributed by atoms with Crippen molar-refractivity contribution < 1.29 is 5.11 Å². The molecule has 2 N–H and O–H groups in total. The minimum absolute atomic E-state index is 0.139. The number of hydrogen-bond donors (Lipinski definition) is 2. The first-order valence-electron chi connectivity index (χ1n) is 5.71. The van der Waals surface area contributed by atoms with Crippen LogP contribution in [-0.2, 0) is 6.54 Å². The third kappa shape index (κ3) is 2.50. The van der Waals surface area contributed by atoms with Gasteiger partial charge in [-0.15, -0.1) is 0 Å². The molecule has 0 atom stereocenters. The van der Waals surface area contributed by atoms with E-state index in [9.17, 15) is 0 Å². The summed E-state index contributed by atoms with van der Waals surface area (Å²) in [6.07, 6.45) is 5.16. The first kappa shape index (κ1) is 10.5. The Kier molecular flexibility index (Phi) is 3.26. The fraction of sp³-hybridized carbons (Fsp3) is 0.727. The second kappa shape index (κ2) is 4.66. The molecule has 4 nitrogen and oxygen atoms in total. The molecule has 1 saturated carbocycles. The number of aliphatic hydroxyl groups excluding tert-OH is 1. The van der Waals surface area contributed by atoms with Crippen LogP contribution in [0, 0.1) is 6.92 Å². The molecule has 15 heavy (non-hydrogen) atoms. The summed E-state index contributed by atoms with van der Waals surface area (Å²) in [5, 5.41) is 16.8. The molecule has 1 aliphatic carbocycles. The Morgan fingerprint density at radius 1 is 1.53 bits per heavy atom. The zero-order valence-electron chi connectivity index (χ0n) is 9.24. The number of nitrogens with zero attached hydrogens (tertiary/aromatic N) is 2. The topological polar surface area (TPSA) is 50.1 Å². The number of aryl methyl sites for hydroxylation is 1. The maximum atomic E-state index is 8.93. The first-order valence-corrected chi connectivity index (χ1v) is 5.71. The van der Waals surface area contributed by atoms with Gasteiger partial charge in [-0.25, -0.2) is 4.68 Å². The summed E-state index contributed by atoms with van der Waals surface area (Å²) in [4.78, 5) is 0. The van der Waals surface area contributed by atoms with E-state index in [1.165, 1.54) is 25.7 Å². The van der Waals surface area contributed by atoms with Crippen LogP contribution in [0.1, 0.15) is 31.4 Å². The Labute approximate surface area is 90.3 Å². The third-order valence-corrected chi connectivity index (χ3v) is 2.92. The van der Waals surface area contributed by atoms with Crippen molar-refractivity contribution in [2.45, 2.75) is 45.2 Å². The van der Waals surface area contributed by atoms with E-state index < -0.39 is 0 Å². The lowest BCUT2D eigenvalue weighted by Crippen LogP contribution is -2.18. The van der Waals surface area contributed by atoms with Gasteiger partial charge in [0.2, 0.25) is 0 Å². The van der Waals surface area contributed by atoms with E-state index in [0.29, 0.717) is 12.6 Å². The van der Waals surface area contributed by atoms with Crippen molar-refractivity contribution in [3.05, 3.63) is 11.8 Å². The number of anilines is 1. The standard InChI is InChI=1S/C11H19N3O/c1-9-8-11(14(13-9)6-7-15)12-10-4-2-3-5-10/h8,10,12,15H,2-7H2,1H3. The summed E-state index contributed by atoms with van der Waals surface area (Å²) in [5.41, 5.74) is 1.00. The van der Waals surface area contributed by atoms with Crippen LogP contribution in [0.5, 0.6) is 0 Å². The molecule has 84 valence electrons. The Morgan fingerprint density at radius 3 is 2.93 bits per heavy atom. The normalized spacial score (nSPS) is 17.2. The van der Waals surface area contributed by atoms with Gasteiger partial charge in [-0.3, -0.25) is 0 Å². The molecule has 1 aromatic rings. The van der Waals surface area contributed by atoms with Crippen molar-refractivity contribution in [1.29, 1.82) is 0 Å². The van der Waals surface area contributed by atoms with E-state index in [1.807, 2.05) is 17.7 Å². The number of rotatable bonds is 4. The van der Waals surface area contributed by atoms with Gasteiger partial charge in [-0.1, -0.05) is 12.8 Å². The fourth-order valence-electron chi connectivity index (χ4n) is 2.21. The summed E-state index contributed by atoms with van der Waals surface area (Å²) in [5.74, 6) is 1.05. The zero-order valence-corrected chi connectivity index (χ0v) is 9.24. The minimum Gasteiger partial charge on any atom is -0.394 e. The molecule has 1 heterocycles. The van der Waals surface area contributed by atoms with Gasteiger partial charge in [0.05, 0.1) is 18.8 Å². The van der Waals surface area contributed by atoms with Crippen LogP contribution >= 0.6 is 0 Å². The Hall–Kier alpha value is -1.03. The lowest BCUT2D eigenvalue weighted by molar-refractivity contribution is 0.270. The van der Waals surface area contributed by atoms with Crippen molar-refractivity contribution in [2.24, 2.45) is 0 Å². The zero-order chi connectivity index (χ0) is 10.7. The molecule has 1 fully saturated rings. The van der Waals surface area contributed by atoms with E-state index in [0.717, 1.165) is 11.5 Å². The van der Waals surface area contributed by atoms with Crippen LogP contribution in [0.25, 0.3) is 0 Å². The smallest absolute Gasteiger partial charge is 0.124 e. The van der Waals surface area contributed by atoms with Crippen molar-refractivity contribution >= 4 is 5.82 Å². The molecule has 4 heteroatoms. The summed E-state index contributed by atoms with van der Waals surface area (Å²) < 4.78 is 1.85. The van der Waals surface area contributed by atoms with Crippen molar-refractivity contribution in [1.82, 2.24) is 9.78 Å². The molecule has 0 aromatic carbocycles. The van der Waals surface area contributed by atoms with E-state index in [2.05, 4.69) is 10.4 Å².